The van der Waals surface area contributed by atoms with Gasteiger partial charge in [0.05, 0.1) is 17.9 Å². The molecular formula is C15H14ClN3O4S. The van der Waals surface area contributed by atoms with Gasteiger partial charge in [0.25, 0.3) is 10.0 Å². The van der Waals surface area contributed by atoms with Gasteiger partial charge in [0.15, 0.2) is 0 Å². The van der Waals surface area contributed by atoms with Crippen molar-refractivity contribution in [2.45, 2.75) is 6.92 Å². The van der Waals surface area contributed by atoms with E-state index in [2.05, 4.69) is 10.3 Å². The van der Waals surface area contributed by atoms with Crippen molar-refractivity contribution in [3.63, 3.8) is 0 Å². The Morgan fingerprint density at radius 3 is 2.46 bits per heavy atom. The fourth-order valence-corrected chi connectivity index (χ4v) is 2.99. The molecule has 0 fully saturated rings. The Morgan fingerprint density at radius 1 is 1.17 bits per heavy atom. The fourth-order valence-electron chi connectivity index (χ4n) is 2.12. The Kier molecular flexibility index (Phi) is 4.33. The van der Waals surface area contributed by atoms with E-state index < -0.39 is 10.0 Å². The molecule has 1 aromatic heterocycles. The second-order valence-electron chi connectivity index (χ2n) is 4.97. The van der Waals surface area contributed by atoms with Crippen LogP contribution in [-0.4, -0.2) is 35.7 Å². The predicted molar refractivity (Wildman–Crippen MR) is 90.5 cm³/mol. The third kappa shape index (κ3) is 3.29. The first-order valence-electron chi connectivity index (χ1n) is 7.04. The zero-order chi connectivity index (χ0) is 17.3. The molecule has 0 radical (unpaired) electrons. The highest BCUT2D eigenvalue weighted by atomic mass is 35.5. The molecule has 9 heteroatoms. The van der Waals surface area contributed by atoms with Gasteiger partial charge in [-0.15, -0.1) is 9.19 Å². The fraction of sp³-hybridized carbons (Fsp3) is 0.200. The van der Waals surface area contributed by atoms with E-state index in [0.717, 1.165) is 16.1 Å². The van der Waals surface area contributed by atoms with E-state index in [-0.39, 0.29) is 0 Å². The van der Waals surface area contributed by atoms with Crippen LogP contribution >= 0.6 is 11.6 Å². The summed E-state index contributed by atoms with van der Waals surface area (Å²) in [5.74, 6) is 1.57. The number of hydrogen-bond acceptors (Lipinski definition) is 6. The standard InChI is InChI=1S/C15H14ClN3O4S/c1-3-22-10-4-6-11(7-5-10)23-15-9-14-13(8-12(15)16)17-18-19(14)24(2,20)21/h4-9H,3H2,1-2H3. The number of rotatable bonds is 5. The molecule has 0 aliphatic carbocycles. The van der Waals surface area contributed by atoms with Crippen molar-refractivity contribution in [1.82, 2.24) is 14.4 Å². The summed E-state index contributed by atoms with van der Waals surface area (Å²) in [7, 11) is -3.57. The number of aromatic nitrogens is 3. The minimum atomic E-state index is -3.57. The number of nitrogens with zero attached hydrogens (tertiary/aromatic N) is 3. The molecule has 0 aliphatic rings. The van der Waals surface area contributed by atoms with E-state index >= 15 is 0 Å². The van der Waals surface area contributed by atoms with Crippen molar-refractivity contribution in [2.24, 2.45) is 0 Å². The molecule has 0 aliphatic heterocycles. The lowest BCUT2D eigenvalue weighted by atomic mass is 10.3. The van der Waals surface area contributed by atoms with Crippen molar-refractivity contribution in [3.05, 3.63) is 41.4 Å². The molecule has 0 N–H and O–H groups in total. The van der Waals surface area contributed by atoms with Gasteiger partial charge < -0.3 is 9.47 Å². The topological polar surface area (TPSA) is 83.3 Å². The molecule has 0 amide bonds. The molecular weight excluding hydrogens is 354 g/mol. The third-order valence-electron chi connectivity index (χ3n) is 3.15. The van der Waals surface area contributed by atoms with Crippen LogP contribution in [0.3, 0.4) is 0 Å². The first-order chi connectivity index (χ1) is 11.4. The van der Waals surface area contributed by atoms with Crippen LogP contribution in [0.5, 0.6) is 17.2 Å². The first-order valence-corrected chi connectivity index (χ1v) is 9.27. The lowest BCUT2D eigenvalue weighted by Crippen LogP contribution is -2.11. The summed E-state index contributed by atoms with van der Waals surface area (Å²) >= 11 is 6.18. The van der Waals surface area contributed by atoms with Crippen LogP contribution in [0.4, 0.5) is 0 Å². The Hall–Kier alpha value is -2.32. The predicted octanol–water partition coefficient (Wildman–Crippen LogP) is 3.08. The molecule has 126 valence electrons. The van der Waals surface area contributed by atoms with E-state index in [1.807, 2.05) is 6.92 Å². The van der Waals surface area contributed by atoms with Crippen LogP contribution in [0.1, 0.15) is 6.92 Å². The van der Waals surface area contributed by atoms with Gasteiger partial charge in [-0.3, -0.25) is 0 Å². The van der Waals surface area contributed by atoms with E-state index in [1.165, 1.54) is 12.1 Å². The second-order valence-corrected chi connectivity index (χ2v) is 7.19. The number of ether oxygens (including phenoxy) is 2. The van der Waals surface area contributed by atoms with Crippen LogP contribution in [-0.2, 0) is 10.0 Å². The average molecular weight is 368 g/mol. The van der Waals surface area contributed by atoms with E-state index in [9.17, 15) is 8.42 Å². The molecule has 0 unspecified atom stereocenters. The van der Waals surface area contributed by atoms with Crippen LogP contribution in [0, 0.1) is 0 Å². The van der Waals surface area contributed by atoms with Crippen molar-refractivity contribution in [2.75, 3.05) is 12.9 Å². The lowest BCUT2D eigenvalue weighted by Gasteiger charge is -2.09. The maximum atomic E-state index is 11.7. The maximum Gasteiger partial charge on any atom is 0.252 e. The Bertz CT molecular complexity index is 984. The molecule has 0 atom stereocenters. The SMILES string of the molecule is CCOc1ccc(Oc2cc3c(cc2Cl)nnn3S(C)(=O)=O)cc1. The second kappa shape index (κ2) is 6.29. The van der Waals surface area contributed by atoms with Crippen molar-refractivity contribution >= 4 is 32.7 Å². The quantitative estimate of drug-likeness (QED) is 0.689. The molecule has 24 heavy (non-hydrogen) atoms. The summed E-state index contributed by atoms with van der Waals surface area (Å²) < 4.78 is 35.4. The number of hydrogen-bond donors (Lipinski definition) is 0. The minimum absolute atomic E-state index is 0.294. The Morgan fingerprint density at radius 2 is 1.83 bits per heavy atom. The smallest absolute Gasteiger partial charge is 0.252 e. The summed E-state index contributed by atoms with van der Waals surface area (Å²) in [5.41, 5.74) is 0.660. The molecule has 0 spiro atoms. The average Bonchev–Trinajstić information content (AvgIpc) is 2.92. The van der Waals surface area contributed by atoms with Crippen LogP contribution in [0.2, 0.25) is 5.02 Å². The monoisotopic (exact) mass is 367 g/mol. The molecule has 0 saturated heterocycles. The summed E-state index contributed by atoms with van der Waals surface area (Å²) in [6.07, 6.45) is 1.04. The molecule has 7 nitrogen and oxygen atoms in total. The molecule has 0 bridgehead atoms. The summed E-state index contributed by atoms with van der Waals surface area (Å²) in [6, 6.07) is 10.0. The van der Waals surface area contributed by atoms with Gasteiger partial charge in [0.2, 0.25) is 0 Å². The van der Waals surface area contributed by atoms with Crippen molar-refractivity contribution in [3.8, 4) is 17.2 Å². The maximum absolute atomic E-state index is 11.7. The van der Waals surface area contributed by atoms with Gasteiger partial charge in [-0.05, 0) is 37.3 Å². The lowest BCUT2D eigenvalue weighted by molar-refractivity contribution is 0.339. The van der Waals surface area contributed by atoms with Gasteiger partial charge in [-0.1, -0.05) is 16.8 Å². The van der Waals surface area contributed by atoms with Gasteiger partial charge in [-0.25, -0.2) is 8.42 Å². The normalized spacial score (nSPS) is 11.6. The van der Waals surface area contributed by atoms with Crippen LogP contribution < -0.4 is 9.47 Å². The minimum Gasteiger partial charge on any atom is -0.494 e. The molecule has 0 saturated carbocycles. The van der Waals surface area contributed by atoms with Gasteiger partial charge in [-0.2, -0.15) is 0 Å². The van der Waals surface area contributed by atoms with Crippen LogP contribution in [0.25, 0.3) is 11.0 Å². The number of fused-ring (bicyclic) bond motifs is 1. The Balaban J connectivity index is 1.98. The summed E-state index contributed by atoms with van der Waals surface area (Å²) in [6.45, 7) is 2.48. The molecule has 3 rings (SSSR count). The molecule has 1 heterocycles. The Labute approximate surface area is 143 Å². The van der Waals surface area contributed by atoms with Crippen molar-refractivity contribution in [1.29, 1.82) is 0 Å². The molecule has 2 aromatic carbocycles. The first kappa shape index (κ1) is 16.5. The van der Waals surface area contributed by atoms with Gasteiger partial charge >= 0.3 is 0 Å². The van der Waals surface area contributed by atoms with E-state index in [4.69, 9.17) is 21.1 Å². The third-order valence-corrected chi connectivity index (χ3v) is 4.34. The number of benzene rings is 2. The zero-order valence-electron chi connectivity index (χ0n) is 12.9. The van der Waals surface area contributed by atoms with Crippen molar-refractivity contribution < 1.29 is 17.9 Å². The summed E-state index contributed by atoms with van der Waals surface area (Å²) in [4.78, 5) is 0. The van der Waals surface area contributed by atoms with E-state index in [0.29, 0.717) is 34.2 Å². The zero-order valence-corrected chi connectivity index (χ0v) is 14.5. The highest BCUT2D eigenvalue weighted by Crippen LogP contribution is 2.33. The van der Waals surface area contributed by atoms with Crippen LogP contribution in [0.15, 0.2) is 36.4 Å². The highest BCUT2D eigenvalue weighted by Gasteiger charge is 2.16. The highest BCUT2D eigenvalue weighted by molar-refractivity contribution is 7.89. The van der Waals surface area contributed by atoms with E-state index in [1.54, 1.807) is 24.3 Å². The van der Waals surface area contributed by atoms with Gasteiger partial charge in [0.1, 0.15) is 28.3 Å². The summed E-state index contributed by atoms with van der Waals surface area (Å²) in [5, 5.41) is 7.74. The largest absolute Gasteiger partial charge is 0.494 e. The van der Waals surface area contributed by atoms with Gasteiger partial charge in [0, 0.05) is 6.07 Å². The number of halogens is 1. The molecule has 3 aromatic rings.